The predicted octanol–water partition coefficient (Wildman–Crippen LogP) is -0.788. The van der Waals surface area contributed by atoms with Crippen LogP contribution in [0.15, 0.2) is 24.3 Å². The minimum Gasteiger partial charge on any atom is -0.423 e. The zero-order valence-electron chi connectivity index (χ0n) is 8.26. The molecule has 15 heavy (non-hydrogen) atoms. The molecule has 2 N–H and O–H groups in total. The van der Waals surface area contributed by atoms with Gasteiger partial charge < -0.3 is 14.9 Å². The molecule has 1 fully saturated rings. The lowest BCUT2D eigenvalue weighted by Crippen LogP contribution is -2.42. The van der Waals surface area contributed by atoms with Gasteiger partial charge in [-0.2, -0.15) is 0 Å². The summed E-state index contributed by atoms with van der Waals surface area (Å²) >= 11 is 0. The van der Waals surface area contributed by atoms with Gasteiger partial charge in [-0.05, 0) is 24.0 Å². The van der Waals surface area contributed by atoms with Gasteiger partial charge >= 0.3 is 7.12 Å². The van der Waals surface area contributed by atoms with Crippen molar-refractivity contribution >= 4 is 18.5 Å². The summed E-state index contributed by atoms with van der Waals surface area (Å²) in [7, 11) is -1.52. The number of amides is 1. The Morgan fingerprint density at radius 1 is 1.33 bits per heavy atom. The Hall–Kier alpha value is -1.33. The van der Waals surface area contributed by atoms with Crippen LogP contribution in [-0.2, 0) is 0 Å². The van der Waals surface area contributed by atoms with Gasteiger partial charge in [0.15, 0.2) is 0 Å². The molecule has 1 heterocycles. The largest absolute Gasteiger partial charge is 0.488 e. The highest BCUT2D eigenvalue weighted by Crippen LogP contribution is 2.11. The fourth-order valence-electron chi connectivity index (χ4n) is 1.53. The van der Waals surface area contributed by atoms with Crippen LogP contribution < -0.4 is 5.46 Å². The molecule has 5 heteroatoms. The molecule has 0 bridgehead atoms. The molecule has 0 saturated carbocycles. The van der Waals surface area contributed by atoms with Gasteiger partial charge in [-0.3, -0.25) is 4.79 Å². The van der Waals surface area contributed by atoms with Gasteiger partial charge in [0.2, 0.25) is 0 Å². The number of benzene rings is 1. The van der Waals surface area contributed by atoms with E-state index < -0.39 is 7.12 Å². The highest BCUT2D eigenvalue weighted by atomic mass is 16.4. The van der Waals surface area contributed by atoms with Gasteiger partial charge in [0, 0.05) is 18.7 Å². The van der Waals surface area contributed by atoms with Crippen LogP contribution >= 0.6 is 0 Å². The maximum absolute atomic E-state index is 11.8. The number of hydrogen-bond donors (Lipinski definition) is 2. The summed E-state index contributed by atoms with van der Waals surface area (Å²) in [5.74, 6) is -0.0382. The van der Waals surface area contributed by atoms with Crippen molar-refractivity contribution in [3.05, 3.63) is 29.8 Å². The summed E-state index contributed by atoms with van der Waals surface area (Å²) in [4.78, 5) is 13.5. The Balaban J connectivity index is 2.20. The summed E-state index contributed by atoms with van der Waals surface area (Å²) in [6, 6.07) is 6.44. The van der Waals surface area contributed by atoms with Crippen LogP contribution in [0.5, 0.6) is 0 Å². The van der Waals surface area contributed by atoms with E-state index >= 15 is 0 Å². The first kappa shape index (κ1) is 10.2. The minimum absolute atomic E-state index is 0.0382. The molecule has 0 aliphatic carbocycles. The molecule has 4 nitrogen and oxygen atoms in total. The van der Waals surface area contributed by atoms with Gasteiger partial charge in [-0.15, -0.1) is 0 Å². The van der Waals surface area contributed by atoms with Crippen LogP contribution in [0.1, 0.15) is 16.8 Å². The first-order chi connectivity index (χ1) is 7.18. The number of carbonyl (C=O) groups excluding carboxylic acids is 1. The van der Waals surface area contributed by atoms with E-state index in [0.29, 0.717) is 11.0 Å². The quantitative estimate of drug-likeness (QED) is 0.622. The van der Waals surface area contributed by atoms with Gasteiger partial charge in [0.1, 0.15) is 0 Å². The van der Waals surface area contributed by atoms with E-state index in [1.54, 1.807) is 23.1 Å². The van der Waals surface area contributed by atoms with Crippen molar-refractivity contribution in [2.75, 3.05) is 13.1 Å². The molecule has 0 unspecified atom stereocenters. The van der Waals surface area contributed by atoms with E-state index in [2.05, 4.69) is 0 Å². The normalized spacial score (nSPS) is 14.7. The molecule has 1 saturated heterocycles. The van der Waals surface area contributed by atoms with E-state index in [-0.39, 0.29) is 5.91 Å². The van der Waals surface area contributed by atoms with Gasteiger partial charge in [0.25, 0.3) is 5.91 Å². The molecular weight excluding hydrogens is 193 g/mol. The fraction of sp³-hybridized carbons (Fsp3) is 0.300. The molecule has 0 radical (unpaired) electrons. The van der Waals surface area contributed by atoms with Crippen LogP contribution in [0.4, 0.5) is 0 Å². The maximum atomic E-state index is 11.8. The third-order valence-electron chi connectivity index (χ3n) is 2.57. The molecule has 1 amide bonds. The number of hydrogen-bond acceptors (Lipinski definition) is 3. The van der Waals surface area contributed by atoms with Crippen LogP contribution in [-0.4, -0.2) is 41.1 Å². The van der Waals surface area contributed by atoms with Crippen molar-refractivity contribution in [3.63, 3.8) is 0 Å². The van der Waals surface area contributed by atoms with E-state index in [9.17, 15) is 4.79 Å². The van der Waals surface area contributed by atoms with Crippen molar-refractivity contribution in [1.82, 2.24) is 4.90 Å². The van der Waals surface area contributed by atoms with Gasteiger partial charge in [0.05, 0.1) is 0 Å². The molecule has 0 aromatic heterocycles. The maximum Gasteiger partial charge on any atom is 0.488 e. The Bertz CT molecular complexity index is 377. The third kappa shape index (κ3) is 2.03. The van der Waals surface area contributed by atoms with E-state index in [1.165, 1.54) is 6.07 Å². The average Bonchev–Trinajstić information content (AvgIpc) is 2.15. The van der Waals surface area contributed by atoms with Crippen LogP contribution in [0.25, 0.3) is 0 Å². The second-order valence-corrected chi connectivity index (χ2v) is 3.64. The van der Waals surface area contributed by atoms with Gasteiger partial charge in [-0.1, -0.05) is 12.1 Å². The SMILES string of the molecule is O=C(c1cccc(B(O)O)c1)N1CCC1. The predicted molar refractivity (Wildman–Crippen MR) is 56.8 cm³/mol. The molecular formula is C10H12BNO3. The number of carbonyl (C=O) groups is 1. The second kappa shape index (κ2) is 4.04. The highest BCUT2D eigenvalue weighted by molar-refractivity contribution is 6.58. The van der Waals surface area contributed by atoms with E-state index in [4.69, 9.17) is 10.0 Å². The molecule has 1 aliphatic heterocycles. The van der Waals surface area contributed by atoms with Crippen molar-refractivity contribution in [1.29, 1.82) is 0 Å². The van der Waals surface area contributed by atoms with Gasteiger partial charge in [-0.25, -0.2) is 0 Å². The topological polar surface area (TPSA) is 60.8 Å². The lowest BCUT2D eigenvalue weighted by Gasteiger charge is -2.31. The molecule has 0 atom stereocenters. The Labute approximate surface area is 88.3 Å². The first-order valence-corrected chi connectivity index (χ1v) is 4.94. The summed E-state index contributed by atoms with van der Waals surface area (Å²) in [6.45, 7) is 1.59. The monoisotopic (exact) mass is 205 g/mol. The first-order valence-electron chi connectivity index (χ1n) is 4.94. The van der Waals surface area contributed by atoms with Crippen LogP contribution in [0.3, 0.4) is 0 Å². The van der Waals surface area contributed by atoms with Crippen LogP contribution in [0, 0.1) is 0 Å². The zero-order chi connectivity index (χ0) is 10.8. The van der Waals surface area contributed by atoms with Crippen molar-refractivity contribution in [2.24, 2.45) is 0 Å². The molecule has 1 aromatic carbocycles. The standard InChI is InChI=1S/C10H12BNO3/c13-10(12-5-2-6-12)8-3-1-4-9(7-8)11(14)15/h1,3-4,7,14-15H,2,5-6H2. The summed E-state index contributed by atoms with van der Waals surface area (Å²) < 4.78 is 0. The molecule has 1 aliphatic rings. The Kier molecular flexibility index (Phi) is 2.75. The van der Waals surface area contributed by atoms with E-state index in [1.807, 2.05) is 0 Å². The lowest BCUT2D eigenvalue weighted by atomic mass is 9.79. The molecule has 0 spiro atoms. The average molecular weight is 205 g/mol. The summed E-state index contributed by atoms with van der Waals surface area (Å²) in [5.41, 5.74) is 0.863. The minimum atomic E-state index is -1.52. The van der Waals surface area contributed by atoms with Crippen LogP contribution in [0.2, 0.25) is 0 Å². The second-order valence-electron chi connectivity index (χ2n) is 3.64. The van der Waals surface area contributed by atoms with E-state index in [0.717, 1.165) is 19.5 Å². The fourth-order valence-corrected chi connectivity index (χ4v) is 1.53. The summed E-state index contributed by atoms with van der Waals surface area (Å²) in [5, 5.41) is 17.9. The number of rotatable bonds is 2. The summed E-state index contributed by atoms with van der Waals surface area (Å²) in [6.07, 6.45) is 1.05. The Morgan fingerprint density at radius 2 is 2.07 bits per heavy atom. The lowest BCUT2D eigenvalue weighted by molar-refractivity contribution is 0.0652. The van der Waals surface area contributed by atoms with Crippen molar-refractivity contribution < 1.29 is 14.8 Å². The zero-order valence-corrected chi connectivity index (χ0v) is 8.26. The van der Waals surface area contributed by atoms with Crippen molar-refractivity contribution in [3.8, 4) is 0 Å². The molecule has 1 aromatic rings. The number of likely N-dealkylation sites (tertiary alicyclic amines) is 1. The van der Waals surface area contributed by atoms with Crippen molar-refractivity contribution in [2.45, 2.75) is 6.42 Å². The molecule has 2 rings (SSSR count). The highest BCUT2D eigenvalue weighted by Gasteiger charge is 2.22. The number of nitrogens with zero attached hydrogens (tertiary/aromatic N) is 1. The Morgan fingerprint density at radius 3 is 2.60 bits per heavy atom. The molecule has 78 valence electrons. The smallest absolute Gasteiger partial charge is 0.423 e. The third-order valence-corrected chi connectivity index (χ3v) is 2.57.